The molecule has 0 saturated carbocycles. The molecule has 3 aromatic rings. The Hall–Kier alpha value is -3.89. The third-order valence-corrected chi connectivity index (χ3v) is 5.48. The van der Waals surface area contributed by atoms with Gasteiger partial charge in [-0.3, -0.25) is 0 Å². The van der Waals surface area contributed by atoms with Gasteiger partial charge in [0.2, 0.25) is 0 Å². The quantitative estimate of drug-likeness (QED) is 0.468. The van der Waals surface area contributed by atoms with Crippen molar-refractivity contribution < 1.29 is 28.7 Å². The van der Waals surface area contributed by atoms with E-state index in [1.54, 1.807) is 24.9 Å². The zero-order valence-corrected chi connectivity index (χ0v) is 22.4. The molecule has 13 nitrogen and oxygen atoms in total. The summed E-state index contributed by atoms with van der Waals surface area (Å²) in [4.78, 5) is 23.3. The number of fused-ring (bicyclic) bond motifs is 1. The molecular formula is C25H33N7O6. The fourth-order valence-corrected chi connectivity index (χ4v) is 3.86. The van der Waals surface area contributed by atoms with Crippen molar-refractivity contribution >= 4 is 22.9 Å². The van der Waals surface area contributed by atoms with E-state index in [-0.39, 0.29) is 24.2 Å². The van der Waals surface area contributed by atoms with Crippen molar-refractivity contribution in [3.8, 4) is 29.1 Å². The Morgan fingerprint density at radius 2 is 2.05 bits per heavy atom. The van der Waals surface area contributed by atoms with E-state index in [0.29, 0.717) is 54.5 Å². The second-order valence-corrected chi connectivity index (χ2v) is 10.4. The van der Waals surface area contributed by atoms with Gasteiger partial charge in [-0.2, -0.15) is 0 Å². The maximum Gasteiger partial charge on any atom is 0.410 e. The van der Waals surface area contributed by atoms with Crippen LogP contribution in [0.3, 0.4) is 0 Å². The van der Waals surface area contributed by atoms with Gasteiger partial charge in [0, 0.05) is 13.1 Å². The van der Waals surface area contributed by atoms with Gasteiger partial charge < -0.3 is 34.5 Å². The summed E-state index contributed by atoms with van der Waals surface area (Å²) in [5, 5.41) is 17.7. The van der Waals surface area contributed by atoms with Crippen LogP contribution in [0.15, 0.2) is 10.8 Å². The van der Waals surface area contributed by atoms with Crippen LogP contribution in [-0.4, -0.2) is 84.6 Å². The lowest BCUT2D eigenvalue weighted by Gasteiger charge is -2.34. The average Bonchev–Trinajstić information content (AvgIpc) is 3.43. The molecule has 3 N–H and O–H groups in total. The smallest absolute Gasteiger partial charge is 0.410 e. The Balaban J connectivity index is 1.66. The minimum absolute atomic E-state index is 0.0902. The van der Waals surface area contributed by atoms with E-state index >= 15 is 0 Å². The molecule has 1 unspecified atom stereocenters. The van der Waals surface area contributed by atoms with E-state index < -0.39 is 17.3 Å². The number of hydrogen-bond donors (Lipinski definition) is 2. The van der Waals surface area contributed by atoms with E-state index in [9.17, 15) is 9.90 Å². The Morgan fingerprint density at radius 1 is 1.29 bits per heavy atom. The van der Waals surface area contributed by atoms with E-state index in [4.69, 9.17) is 29.6 Å². The van der Waals surface area contributed by atoms with Gasteiger partial charge >= 0.3 is 6.09 Å². The topological polar surface area (TPSA) is 164 Å². The summed E-state index contributed by atoms with van der Waals surface area (Å²) in [5.74, 6) is 6.61. The summed E-state index contributed by atoms with van der Waals surface area (Å²) in [7, 11) is 0. The first-order valence-electron chi connectivity index (χ1n) is 12.3. The average molecular weight is 528 g/mol. The zero-order valence-electron chi connectivity index (χ0n) is 22.4. The number of aliphatic hydroxyl groups is 1. The minimum Gasteiger partial charge on any atom is -0.487 e. The number of morpholine rings is 1. The highest BCUT2D eigenvalue weighted by molar-refractivity contribution is 5.89. The summed E-state index contributed by atoms with van der Waals surface area (Å²) in [6.45, 7) is 12.3. The molecule has 204 valence electrons. The van der Waals surface area contributed by atoms with E-state index in [0.717, 1.165) is 0 Å². The summed E-state index contributed by atoms with van der Waals surface area (Å²) >= 11 is 0. The normalized spacial score (nSPS) is 16.3. The SMILES string of the molecule is CCn1c(-c2nonc2N)nc2c(C#CC(C)(C)O)ncc(OCC3CN(C(=O)OC(C)(C)C)CCO3)c21. The largest absolute Gasteiger partial charge is 0.487 e. The third-order valence-electron chi connectivity index (χ3n) is 5.48. The van der Waals surface area contributed by atoms with E-state index in [1.807, 2.05) is 32.3 Å². The highest BCUT2D eigenvalue weighted by atomic mass is 16.6. The number of amides is 1. The number of aryl methyl sites for hydroxylation is 1. The van der Waals surface area contributed by atoms with Crippen LogP contribution in [0.1, 0.15) is 47.2 Å². The van der Waals surface area contributed by atoms with Gasteiger partial charge in [0.1, 0.15) is 40.6 Å². The van der Waals surface area contributed by atoms with Gasteiger partial charge in [-0.1, -0.05) is 5.92 Å². The number of carbonyl (C=O) groups is 1. The zero-order chi connectivity index (χ0) is 27.7. The summed E-state index contributed by atoms with van der Waals surface area (Å²) in [6.07, 6.45) is 0.777. The molecule has 0 aromatic carbocycles. The summed E-state index contributed by atoms with van der Waals surface area (Å²) in [6, 6.07) is 0. The molecular weight excluding hydrogens is 494 g/mol. The molecule has 0 bridgehead atoms. The number of nitrogens with two attached hydrogens (primary N) is 1. The fraction of sp³-hybridized carbons (Fsp3) is 0.560. The predicted molar refractivity (Wildman–Crippen MR) is 137 cm³/mol. The standard InChI is InChI=1S/C25H33N7O6/c1-7-32-20-17(36-14-15-13-31(10-11-35-15)23(33)37-24(2,3)4)12-27-16(8-9-25(5,6)34)18(20)28-22(32)19-21(26)30-38-29-19/h12,15,34H,7,10-11,13-14H2,1-6H3,(H2,26,30). The summed E-state index contributed by atoms with van der Waals surface area (Å²) in [5.41, 5.74) is 5.82. The number of ether oxygens (including phenoxy) is 3. The highest BCUT2D eigenvalue weighted by Gasteiger charge is 2.29. The monoisotopic (exact) mass is 527 g/mol. The van der Waals surface area contributed by atoms with Gasteiger partial charge in [-0.05, 0) is 57.8 Å². The number of hydrogen-bond acceptors (Lipinski definition) is 11. The second-order valence-electron chi connectivity index (χ2n) is 10.4. The van der Waals surface area contributed by atoms with Gasteiger partial charge in [0.05, 0.1) is 19.3 Å². The number of rotatable bonds is 5. The van der Waals surface area contributed by atoms with Gasteiger partial charge in [0.25, 0.3) is 0 Å². The van der Waals surface area contributed by atoms with Crippen LogP contribution in [0.25, 0.3) is 22.6 Å². The van der Waals surface area contributed by atoms with E-state index in [1.165, 1.54) is 0 Å². The summed E-state index contributed by atoms with van der Waals surface area (Å²) < 4.78 is 24.2. The molecule has 1 aliphatic heterocycles. The van der Waals surface area contributed by atoms with Crippen molar-refractivity contribution in [3.63, 3.8) is 0 Å². The highest BCUT2D eigenvalue weighted by Crippen LogP contribution is 2.33. The number of nitrogens with zero attached hydrogens (tertiary/aromatic N) is 6. The molecule has 3 aromatic heterocycles. The third kappa shape index (κ3) is 6.15. The van der Waals surface area contributed by atoms with Gasteiger partial charge in [0.15, 0.2) is 23.1 Å². The molecule has 1 aliphatic rings. The number of anilines is 1. The lowest BCUT2D eigenvalue weighted by atomic mass is 10.1. The number of aromatic nitrogens is 5. The molecule has 4 heterocycles. The van der Waals surface area contributed by atoms with Crippen molar-refractivity contribution in [2.45, 2.75) is 65.4 Å². The van der Waals surface area contributed by atoms with Crippen LogP contribution in [-0.2, 0) is 16.0 Å². The number of pyridine rings is 1. The van der Waals surface area contributed by atoms with Crippen LogP contribution < -0.4 is 10.5 Å². The molecule has 13 heteroatoms. The molecule has 0 aliphatic carbocycles. The number of nitrogen functional groups attached to an aromatic ring is 1. The first-order valence-corrected chi connectivity index (χ1v) is 12.3. The van der Waals surface area contributed by atoms with Crippen molar-refractivity contribution in [1.82, 2.24) is 29.7 Å². The van der Waals surface area contributed by atoms with Crippen LogP contribution in [0.5, 0.6) is 5.75 Å². The van der Waals surface area contributed by atoms with Crippen LogP contribution >= 0.6 is 0 Å². The molecule has 4 rings (SSSR count). The van der Waals surface area contributed by atoms with Crippen LogP contribution in [0.4, 0.5) is 10.6 Å². The lowest BCUT2D eigenvalue weighted by molar-refractivity contribution is -0.0556. The van der Waals surface area contributed by atoms with Crippen molar-refractivity contribution in [2.75, 3.05) is 32.0 Å². The molecule has 1 atom stereocenters. The fourth-order valence-electron chi connectivity index (χ4n) is 3.86. The number of carbonyl (C=O) groups excluding carboxylic acids is 1. The Labute approximate surface area is 220 Å². The van der Waals surface area contributed by atoms with Gasteiger partial charge in [-0.15, -0.1) is 0 Å². The maximum absolute atomic E-state index is 12.5. The molecule has 0 spiro atoms. The molecule has 1 amide bonds. The first kappa shape index (κ1) is 27.2. The van der Waals surface area contributed by atoms with Crippen LogP contribution in [0.2, 0.25) is 0 Å². The molecule has 38 heavy (non-hydrogen) atoms. The lowest BCUT2D eigenvalue weighted by Crippen LogP contribution is -2.49. The predicted octanol–water partition coefficient (Wildman–Crippen LogP) is 2.22. The van der Waals surface area contributed by atoms with Crippen molar-refractivity contribution in [1.29, 1.82) is 0 Å². The van der Waals surface area contributed by atoms with Gasteiger partial charge in [-0.25, -0.2) is 19.4 Å². The Kier molecular flexibility index (Phi) is 7.48. The second kappa shape index (κ2) is 10.5. The number of imidazole rings is 1. The maximum atomic E-state index is 12.5. The van der Waals surface area contributed by atoms with E-state index in [2.05, 4.69) is 27.1 Å². The molecule has 0 radical (unpaired) electrons. The molecule has 1 saturated heterocycles. The first-order chi connectivity index (χ1) is 17.9. The Bertz CT molecular complexity index is 1370. The van der Waals surface area contributed by atoms with Crippen molar-refractivity contribution in [2.24, 2.45) is 0 Å². The van der Waals surface area contributed by atoms with Crippen LogP contribution in [0, 0.1) is 11.8 Å². The Morgan fingerprint density at radius 3 is 2.68 bits per heavy atom. The van der Waals surface area contributed by atoms with Crippen molar-refractivity contribution in [3.05, 3.63) is 11.9 Å². The minimum atomic E-state index is -1.22. The molecule has 1 fully saturated rings.